The third-order valence-electron chi connectivity index (χ3n) is 3.40. The molecule has 0 radical (unpaired) electrons. The maximum absolute atomic E-state index is 6.03. The van der Waals surface area contributed by atoms with E-state index in [-0.39, 0.29) is 0 Å². The van der Waals surface area contributed by atoms with Crippen LogP contribution in [0.1, 0.15) is 11.1 Å². The van der Waals surface area contributed by atoms with Gasteiger partial charge in [-0.1, -0.05) is 30.3 Å². The summed E-state index contributed by atoms with van der Waals surface area (Å²) in [7, 11) is 0. The predicted octanol–water partition coefficient (Wildman–Crippen LogP) is 4.29. The van der Waals surface area contributed by atoms with Crippen LogP contribution in [-0.4, -0.2) is 0 Å². The van der Waals surface area contributed by atoms with Crippen molar-refractivity contribution in [1.29, 1.82) is 0 Å². The number of benzene rings is 2. The Morgan fingerprint density at radius 2 is 1.65 bits per heavy atom. The minimum absolute atomic E-state index is 0.961. The van der Waals surface area contributed by atoms with Crippen molar-refractivity contribution in [3.8, 4) is 11.3 Å². The fraction of sp³-hybridized carbons (Fsp3) is 0.0625. The van der Waals surface area contributed by atoms with Gasteiger partial charge in [0.25, 0.3) is 0 Å². The van der Waals surface area contributed by atoms with Gasteiger partial charge in [-0.25, -0.2) is 4.42 Å². The van der Waals surface area contributed by atoms with Crippen LogP contribution in [0.5, 0.6) is 0 Å². The lowest BCUT2D eigenvalue weighted by Gasteiger charge is -1.91. The van der Waals surface area contributed by atoms with E-state index in [0.29, 0.717) is 0 Å². The van der Waals surface area contributed by atoms with E-state index < -0.39 is 0 Å². The van der Waals surface area contributed by atoms with E-state index >= 15 is 0 Å². The van der Waals surface area contributed by atoms with E-state index in [4.69, 9.17) is 4.42 Å². The first kappa shape index (κ1) is 8.94. The average molecular weight is 219 g/mol. The molecule has 4 rings (SSSR count). The molecule has 1 aliphatic carbocycles. The van der Waals surface area contributed by atoms with Gasteiger partial charge in [0.05, 0.1) is 16.5 Å². The lowest BCUT2D eigenvalue weighted by atomic mass is 10.1. The summed E-state index contributed by atoms with van der Waals surface area (Å²) in [6.07, 6.45) is 0.986. The lowest BCUT2D eigenvalue weighted by molar-refractivity contribution is 0.618. The highest BCUT2D eigenvalue weighted by molar-refractivity contribution is 5.83. The molecule has 0 bridgehead atoms. The van der Waals surface area contributed by atoms with Crippen LogP contribution in [0.4, 0.5) is 0 Å². The van der Waals surface area contributed by atoms with Gasteiger partial charge in [-0.3, -0.25) is 0 Å². The molecule has 0 fully saturated rings. The van der Waals surface area contributed by atoms with Crippen molar-refractivity contribution < 1.29 is 4.42 Å². The lowest BCUT2D eigenvalue weighted by Crippen LogP contribution is -1.81. The molecule has 0 aliphatic heterocycles. The molecular formula is C16H11O+. The zero-order valence-corrected chi connectivity index (χ0v) is 9.31. The molecule has 0 amide bonds. The van der Waals surface area contributed by atoms with E-state index in [1.165, 1.54) is 22.1 Å². The maximum Gasteiger partial charge on any atom is 0.364 e. The third kappa shape index (κ3) is 1.22. The molecule has 0 spiro atoms. The molecule has 3 aromatic rings. The van der Waals surface area contributed by atoms with Crippen molar-refractivity contribution in [3.05, 3.63) is 65.7 Å². The highest BCUT2D eigenvalue weighted by Crippen LogP contribution is 2.38. The summed E-state index contributed by atoms with van der Waals surface area (Å²) in [5, 5.41) is 1.18. The monoisotopic (exact) mass is 219 g/mol. The highest BCUT2D eigenvalue weighted by Gasteiger charge is 2.29. The van der Waals surface area contributed by atoms with Crippen molar-refractivity contribution in [2.75, 3.05) is 0 Å². The maximum atomic E-state index is 6.03. The van der Waals surface area contributed by atoms with Crippen LogP contribution in [0.15, 0.2) is 59.0 Å². The summed E-state index contributed by atoms with van der Waals surface area (Å²) in [5.41, 5.74) is 4.86. The Labute approximate surface area is 99.3 Å². The molecule has 1 aliphatic rings. The normalized spacial score (nSPS) is 12.5. The zero-order chi connectivity index (χ0) is 11.2. The number of hydrogen-bond acceptors (Lipinski definition) is 0. The van der Waals surface area contributed by atoms with E-state index in [2.05, 4.69) is 36.4 Å². The Balaban J connectivity index is 2.07. The van der Waals surface area contributed by atoms with Crippen molar-refractivity contribution >= 4 is 11.0 Å². The van der Waals surface area contributed by atoms with E-state index in [9.17, 15) is 0 Å². The largest absolute Gasteiger partial charge is 0.364 e. The molecule has 1 heterocycles. The second kappa shape index (κ2) is 3.17. The van der Waals surface area contributed by atoms with E-state index in [0.717, 1.165) is 17.8 Å². The Kier molecular flexibility index (Phi) is 1.67. The molecule has 0 unspecified atom stereocenters. The predicted molar refractivity (Wildman–Crippen MR) is 68.9 cm³/mol. The molecule has 2 aromatic carbocycles. The Morgan fingerprint density at radius 3 is 2.65 bits per heavy atom. The minimum Gasteiger partial charge on any atom is -0.207 e. The van der Waals surface area contributed by atoms with Gasteiger partial charge in [-0.2, -0.15) is 0 Å². The van der Waals surface area contributed by atoms with Crippen molar-refractivity contribution in [3.63, 3.8) is 0 Å². The molecule has 0 saturated heterocycles. The van der Waals surface area contributed by atoms with Crippen LogP contribution < -0.4 is 0 Å². The van der Waals surface area contributed by atoms with E-state index in [1.807, 2.05) is 18.2 Å². The minimum atomic E-state index is 0.961. The van der Waals surface area contributed by atoms with Crippen molar-refractivity contribution in [2.24, 2.45) is 0 Å². The summed E-state index contributed by atoms with van der Waals surface area (Å²) in [4.78, 5) is 0. The average Bonchev–Trinajstić information content (AvgIpc) is 2.73. The van der Waals surface area contributed by atoms with Crippen molar-refractivity contribution in [1.82, 2.24) is 0 Å². The van der Waals surface area contributed by atoms with Crippen molar-refractivity contribution in [2.45, 2.75) is 6.42 Å². The first-order valence-corrected chi connectivity index (χ1v) is 5.85. The Bertz CT molecular complexity index is 728. The standard InChI is InChI=1S/C16H11O/c1-3-7-14-11(5-1)9-13-10-12-6-2-4-8-15(12)17-16(13)14/h1-8,10H,9H2/q+1. The van der Waals surface area contributed by atoms with E-state index in [1.54, 1.807) is 0 Å². The summed E-state index contributed by atoms with van der Waals surface area (Å²) < 4.78 is 6.03. The molecule has 1 heteroatoms. The SMILES string of the molecule is c1ccc2c(c1)Cc1cc3ccccc3[o+]c1-2. The molecule has 1 aromatic heterocycles. The Morgan fingerprint density at radius 1 is 0.824 bits per heavy atom. The molecule has 17 heavy (non-hydrogen) atoms. The smallest absolute Gasteiger partial charge is 0.207 e. The van der Waals surface area contributed by atoms with Gasteiger partial charge in [0.1, 0.15) is 0 Å². The summed E-state index contributed by atoms with van der Waals surface area (Å²) in [5.74, 6) is 1.04. The highest BCUT2D eigenvalue weighted by atomic mass is 16.3. The molecule has 0 N–H and O–H groups in total. The van der Waals surface area contributed by atoms with Gasteiger partial charge in [0.2, 0.25) is 0 Å². The summed E-state index contributed by atoms with van der Waals surface area (Å²) in [6, 6.07) is 18.9. The molecule has 80 valence electrons. The molecule has 0 atom stereocenters. The van der Waals surface area contributed by atoms with Crippen LogP contribution in [0, 0.1) is 0 Å². The van der Waals surface area contributed by atoms with Crippen LogP contribution in [0.25, 0.3) is 22.3 Å². The fourth-order valence-electron chi connectivity index (χ4n) is 2.58. The Hall–Kier alpha value is -2.15. The number of rotatable bonds is 0. The van der Waals surface area contributed by atoms with Crippen LogP contribution >= 0.6 is 0 Å². The van der Waals surface area contributed by atoms with Gasteiger partial charge in [-0.05, 0) is 23.8 Å². The van der Waals surface area contributed by atoms with Gasteiger partial charge in [0, 0.05) is 12.5 Å². The molecular weight excluding hydrogens is 208 g/mol. The van der Waals surface area contributed by atoms with Gasteiger partial charge < -0.3 is 0 Å². The third-order valence-corrected chi connectivity index (χ3v) is 3.40. The second-order valence-corrected chi connectivity index (χ2v) is 4.47. The quantitative estimate of drug-likeness (QED) is 0.402. The van der Waals surface area contributed by atoms with Gasteiger partial charge >= 0.3 is 11.3 Å². The van der Waals surface area contributed by atoms with Gasteiger partial charge in [0.15, 0.2) is 0 Å². The second-order valence-electron chi connectivity index (χ2n) is 4.47. The van der Waals surface area contributed by atoms with Crippen LogP contribution in [-0.2, 0) is 6.42 Å². The fourth-order valence-corrected chi connectivity index (χ4v) is 2.58. The number of fused-ring (bicyclic) bond motifs is 4. The molecule has 1 nitrogen and oxygen atoms in total. The first-order valence-electron chi connectivity index (χ1n) is 5.85. The molecule has 0 saturated carbocycles. The topological polar surface area (TPSA) is 11.3 Å². The van der Waals surface area contributed by atoms with Crippen LogP contribution in [0.3, 0.4) is 0 Å². The summed E-state index contributed by atoms with van der Waals surface area (Å²) in [6.45, 7) is 0. The number of hydrogen-bond donors (Lipinski definition) is 0. The summed E-state index contributed by atoms with van der Waals surface area (Å²) >= 11 is 0. The van der Waals surface area contributed by atoms with Crippen LogP contribution in [0.2, 0.25) is 0 Å². The number of para-hydroxylation sites is 1. The first-order chi connectivity index (χ1) is 8.42. The zero-order valence-electron chi connectivity index (χ0n) is 9.31. The van der Waals surface area contributed by atoms with Gasteiger partial charge in [-0.15, -0.1) is 0 Å².